The Hall–Kier alpha value is -1.52. The summed E-state index contributed by atoms with van der Waals surface area (Å²) < 4.78 is 2.12. The molecule has 0 bridgehead atoms. The normalized spacial score (nSPS) is 23.7. The van der Waals surface area contributed by atoms with Gasteiger partial charge < -0.3 is 14.8 Å². The molecule has 4 nitrogen and oxygen atoms in total. The van der Waals surface area contributed by atoms with Gasteiger partial charge in [-0.05, 0) is 62.9 Å². The number of hydrogen-bond donors (Lipinski definition) is 1. The minimum Gasteiger partial charge on any atom is -0.356 e. The van der Waals surface area contributed by atoms with Gasteiger partial charge >= 0.3 is 0 Å². The van der Waals surface area contributed by atoms with Crippen LogP contribution >= 0.6 is 11.6 Å². The average molecular weight is 374 g/mol. The van der Waals surface area contributed by atoms with Crippen LogP contribution in [0, 0.1) is 5.92 Å². The van der Waals surface area contributed by atoms with Crippen molar-refractivity contribution < 1.29 is 4.79 Å². The van der Waals surface area contributed by atoms with E-state index in [0.717, 1.165) is 22.5 Å². The van der Waals surface area contributed by atoms with E-state index in [1.165, 1.54) is 45.2 Å². The maximum absolute atomic E-state index is 12.4. The number of fused-ring (bicyclic) bond motifs is 2. The number of nitrogens with zero attached hydrogens (tertiary/aromatic N) is 2. The van der Waals surface area contributed by atoms with Gasteiger partial charge in [0.25, 0.3) is 0 Å². The molecule has 0 saturated carbocycles. The topological polar surface area (TPSA) is 37.3 Å². The lowest BCUT2D eigenvalue weighted by atomic mass is 9.83. The molecule has 140 valence electrons. The zero-order valence-corrected chi connectivity index (χ0v) is 16.0. The quantitative estimate of drug-likeness (QED) is 0.857. The van der Waals surface area contributed by atoms with Gasteiger partial charge in [0.2, 0.25) is 5.91 Å². The van der Waals surface area contributed by atoms with Crippen molar-refractivity contribution in [1.29, 1.82) is 0 Å². The summed E-state index contributed by atoms with van der Waals surface area (Å²) in [6.45, 7) is 4.02. The van der Waals surface area contributed by atoms with Gasteiger partial charge in [0.15, 0.2) is 0 Å². The lowest BCUT2D eigenvalue weighted by molar-refractivity contribution is -0.121. The minimum atomic E-state index is 0.154. The zero-order valence-electron chi connectivity index (χ0n) is 15.3. The van der Waals surface area contributed by atoms with Crippen molar-refractivity contribution >= 4 is 28.4 Å². The number of rotatable bonds is 5. The van der Waals surface area contributed by atoms with Crippen molar-refractivity contribution in [3.05, 3.63) is 35.5 Å². The lowest BCUT2D eigenvalue weighted by Crippen LogP contribution is -2.51. The van der Waals surface area contributed by atoms with E-state index in [1.807, 2.05) is 24.4 Å². The second-order valence-electron chi connectivity index (χ2n) is 7.74. The van der Waals surface area contributed by atoms with E-state index >= 15 is 0 Å². The van der Waals surface area contributed by atoms with Gasteiger partial charge in [-0.3, -0.25) is 4.79 Å². The number of amides is 1. The van der Waals surface area contributed by atoms with E-state index in [2.05, 4.69) is 20.9 Å². The molecule has 0 spiro atoms. The monoisotopic (exact) mass is 373 g/mol. The molecule has 3 heterocycles. The molecule has 4 rings (SSSR count). The molecule has 5 heteroatoms. The number of hydrogen-bond acceptors (Lipinski definition) is 2. The van der Waals surface area contributed by atoms with Gasteiger partial charge in [-0.1, -0.05) is 24.1 Å². The van der Waals surface area contributed by atoms with Crippen LogP contribution in [0.3, 0.4) is 0 Å². The predicted octanol–water partition coefficient (Wildman–Crippen LogP) is 4.07. The lowest BCUT2D eigenvalue weighted by Gasteiger charge is -2.44. The first kappa shape index (κ1) is 17.9. The Morgan fingerprint density at radius 1 is 1.15 bits per heavy atom. The third-order valence-electron chi connectivity index (χ3n) is 6.13. The number of aromatic nitrogens is 1. The Morgan fingerprint density at radius 3 is 2.96 bits per heavy atom. The second kappa shape index (κ2) is 8.01. The summed E-state index contributed by atoms with van der Waals surface area (Å²) in [5.74, 6) is 0.779. The highest BCUT2D eigenvalue weighted by atomic mass is 35.5. The molecule has 2 aromatic rings. The molecule has 2 aliphatic rings. The fourth-order valence-electron chi connectivity index (χ4n) is 4.75. The number of nitrogens with one attached hydrogen (secondary N) is 1. The SMILES string of the molecule is O=C(CCn1ccc2c(Cl)cccc21)NC[C@@H]1CCCN2CCCC[C@H]12. The van der Waals surface area contributed by atoms with Crippen molar-refractivity contribution in [3.63, 3.8) is 0 Å². The van der Waals surface area contributed by atoms with E-state index in [0.29, 0.717) is 24.9 Å². The van der Waals surface area contributed by atoms with Crippen LogP contribution in [0.2, 0.25) is 5.02 Å². The van der Waals surface area contributed by atoms with Crippen molar-refractivity contribution in [2.24, 2.45) is 5.92 Å². The van der Waals surface area contributed by atoms with Crippen molar-refractivity contribution in [3.8, 4) is 0 Å². The van der Waals surface area contributed by atoms with E-state index in [4.69, 9.17) is 11.6 Å². The van der Waals surface area contributed by atoms with Crippen LogP contribution < -0.4 is 5.32 Å². The molecule has 2 fully saturated rings. The molecule has 1 amide bonds. The van der Waals surface area contributed by atoms with Crippen LogP contribution in [-0.2, 0) is 11.3 Å². The molecule has 1 aromatic heterocycles. The van der Waals surface area contributed by atoms with Crippen LogP contribution in [-0.4, -0.2) is 41.1 Å². The second-order valence-corrected chi connectivity index (χ2v) is 8.14. The van der Waals surface area contributed by atoms with Crippen LogP contribution in [0.5, 0.6) is 0 Å². The largest absolute Gasteiger partial charge is 0.356 e. The van der Waals surface area contributed by atoms with Crippen molar-refractivity contribution in [1.82, 2.24) is 14.8 Å². The Kier molecular flexibility index (Phi) is 5.51. The number of piperidine rings is 2. The zero-order chi connectivity index (χ0) is 17.9. The van der Waals surface area contributed by atoms with Gasteiger partial charge in [0.05, 0.1) is 0 Å². The van der Waals surface area contributed by atoms with Crippen LogP contribution in [0.25, 0.3) is 10.9 Å². The van der Waals surface area contributed by atoms with Gasteiger partial charge in [-0.2, -0.15) is 0 Å². The molecule has 2 aliphatic heterocycles. The van der Waals surface area contributed by atoms with Crippen molar-refractivity contribution in [2.45, 2.75) is 51.1 Å². The summed E-state index contributed by atoms with van der Waals surface area (Å²) in [4.78, 5) is 15.0. The highest BCUT2D eigenvalue weighted by molar-refractivity contribution is 6.35. The van der Waals surface area contributed by atoms with Gasteiger partial charge in [0.1, 0.15) is 0 Å². The Bertz CT molecular complexity index is 770. The Balaban J connectivity index is 1.29. The predicted molar refractivity (Wildman–Crippen MR) is 107 cm³/mol. The molecular weight excluding hydrogens is 346 g/mol. The summed E-state index contributed by atoms with van der Waals surface area (Å²) in [6.07, 6.45) is 9.04. The Morgan fingerprint density at radius 2 is 2.04 bits per heavy atom. The van der Waals surface area contributed by atoms with E-state index in [9.17, 15) is 4.79 Å². The minimum absolute atomic E-state index is 0.154. The third-order valence-corrected chi connectivity index (χ3v) is 6.46. The molecule has 0 aliphatic carbocycles. The fraction of sp³-hybridized carbons (Fsp3) is 0.571. The molecule has 1 N–H and O–H groups in total. The molecule has 0 radical (unpaired) electrons. The first-order valence-electron chi connectivity index (χ1n) is 9.96. The smallest absolute Gasteiger partial charge is 0.221 e. The van der Waals surface area contributed by atoms with E-state index < -0.39 is 0 Å². The molecule has 2 atom stereocenters. The standard InChI is InChI=1S/C21H28ClN3O/c22-18-6-3-8-20-17(18)9-13-25(20)14-10-21(26)23-15-16-5-4-12-24-11-2-1-7-19(16)24/h3,6,8-9,13,16,19H,1-2,4-5,7,10-12,14-15H2,(H,23,26)/t16-,19+/m0/s1. The molecule has 2 saturated heterocycles. The number of carbonyl (C=O) groups is 1. The maximum Gasteiger partial charge on any atom is 0.221 e. The maximum atomic E-state index is 12.4. The third kappa shape index (κ3) is 3.77. The van der Waals surface area contributed by atoms with Crippen LogP contribution in [0.1, 0.15) is 38.5 Å². The average Bonchev–Trinajstić information content (AvgIpc) is 3.09. The van der Waals surface area contributed by atoms with Crippen LogP contribution in [0.15, 0.2) is 30.5 Å². The van der Waals surface area contributed by atoms with Crippen molar-refractivity contribution in [2.75, 3.05) is 19.6 Å². The first-order chi connectivity index (χ1) is 12.7. The summed E-state index contributed by atoms with van der Waals surface area (Å²) in [6, 6.07) is 8.63. The van der Waals surface area contributed by atoms with Gasteiger partial charge in [-0.25, -0.2) is 0 Å². The van der Waals surface area contributed by atoms with Gasteiger partial charge in [-0.15, -0.1) is 0 Å². The van der Waals surface area contributed by atoms with Gasteiger partial charge in [0, 0.05) is 47.7 Å². The summed E-state index contributed by atoms with van der Waals surface area (Å²) in [5.41, 5.74) is 1.09. The van der Waals surface area contributed by atoms with E-state index in [-0.39, 0.29) is 5.91 Å². The summed E-state index contributed by atoms with van der Waals surface area (Å²) >= 11 is 6.23. The highest BCUT2D eigenvalue weighted by Gasteiger charge is 2.32. The first-order valence-corrected chi connectivity index (χ1v) is 10.3. The Labute approximate surface area is 160 Å². The molecule has 1 aromatic carbocycles. The van der Waals surface area contributed by atoms with E-state index in [1.54, 1.807) is 0 Å². The molecular formula is C21H28ClN3O. The fourth-order valence-corrected chi connectivity index (χ4v) is 4.98. The van der Waals surface area contributed by atoms with Crippen LogP contribution in [0.4, 0.5) is 0 Å². The molecule has 26 heavy (non-hydrogen) atoms. The number of benzene rings is 1. The molecule has 0 unspecified atom stereocenters. The summed E-state index contributed by atoms with van der Waals surface area (Å²) in [7, 11) is 0. The number of aryl methyl sites for hydroxylation is 1. The number of halogens is 1. The number of carbonyl (C=O) groups excluding carboxylic acids is 1. The highest BCUT2D eigenvalue weighted by Crippen LogP contribution is 2.30. The summed E-state index contributed by atoms with van der Waals surface area (Å²) in [5, 5.41) is 5.02.